The molecule has 0 aromatic carbocycles. The first-order valence-electron chi connectivity index (χ1n) is 6.66. The van der Waals surface area contributed by atoms with Crippen LogP contribution in [0.1, 0.15) is 13.8 Å². The van der Waals surface area contributed by atoms with Crippen LogP contribution >= 0.6 is 0 Å². The fourth-order valence-corrected chi connectivity index (χ4v) is 2.08. The number of piperazine rings is 1. The van der Waals surface area contributed by atoms with E-state index in [0.29, 0.717) is 13.1 Å². The summed E-state index contributed by atoms with van der Waals surface area (Å²) in [6.45, 7) is 6.80. The molecule has 0 bridgehead atoms. The van der Waals surface area contributed by atoms with Gasteiger partial charge in [0, 0.05) is 38.6 Å². The highest BCUT2D eigenvalue weighted by molar-refractivity contribution is 5.82. The number of hydrogen-bond acceptors (Lipinski definition) is 5. The Morgan fingerprint density at radius 1 is 1.21 bits per heavy atom. The van der Waals surface area contributed by atoms with E-state index in [1.807, 2.05) is 18.7 Å². The van der Waals surface area contributed by atoms with Gasteiger partial charge >= 0.3 is 0 Å². The van der Waals surface area contributed by atoms with Crippen LogP contribution in [0.3, 0.4) is 0 Å². The van der Waals surface area contributed by atoms with Crippen molar-refractivity contribution in [3.63, 3.8) is 0 Å². The number of anilines is 1. The van der Waals surface area contributed by atoms with E-state index in [1.54, 1.807) is 18.5 Å². The Bertz CT molecular complexity index is 414. The molecule has 1 aliphatic rings. The van der Waals surface area contributed by atoms with Crippen LogP contribution in [0.4, 0.5) is 5.95 Å². The molecule has 2 rings (SSSR count). The molecule has 6 nitrogen and oxygen atoms in total. The predicted octanol–water partition coefficient (Wildman–Crippen LogP) is 0.109. The highest BCUT2D eigenvalue weighted by atomic mass is 16.2. The van der Waals surface area contributed by atoms with Crippen LogP contribution in [0.5, 0.6) is 0 Å². The van der Waals surface area contributed by atoms with Gasteiger partial charge in [-0.25, -0.2) is 9.97 Å². The van der Waals surface area contributed by atoms with Crippen LogP contribution in [0.2, 0.25) is 0 Å². The topological polar surface area (TPSA) is 75.4 Å². The van der Waals surface area contributed by atoms with Crippen molar-refractivity contribution in [1.29, 1.82) is 0 Å². The summed E-state index contributed by atoms with van der Waals surface area (Å²) in [5.74, 6) is 0.939. The normalized spacial score (nSPS) is 17.7. The third kappa shape index (κ3) is 3.20. The molecular formula is C13H21N5O. The predicted molar refractivity (Wildman–Crippen MR) is 73.6 cm³/mol. The largest absolute Gasteiger partial charge is 0.338 e. The Labute approximate surface area is 113 Å². The highest BCUT2D eigenvalue weighted by Crippen LogP contribution is 2.11. The summed E-state index contributed by atoms with van der Waals surface area (Å²) in [5, 5.41) is 0. The Morgan fingerprint density at radius 2 is 1.79 bits per heavy atom. The molecule has 19 heavy (non-hydrogen) atoms. The molecule has 1 aliphatic heterocycles. The molecule has 6 heteroatoms. The van der Waals surface area contributed by atoms with Gasteiger partial charge < -0.3 is 15.5 Å². The molecule has 2 N–H and O–H groups in total. The summed E-state index contributed by atoms with van der Waals surface area (Å²) in [5.41, 5.74) is 5.91. The average Bonchev–Trinajstić information content (AvgIpc) is 2.46. The molecule has 0 spiro atoms. The van der Waals surface area contributed by atoms with Crippen LogP contribution in [0.25, 0.3) is 0 Å². The lowest BCUT2D eigenvalue weighted by Gasteiger charge is -2.36. The molecule has 1 aromatic rings. The molecule has 1 atom stereocenters. The van der Waals surface area contributed by atoms with E-state index in [1.165, 1.54) is 0 Å². The Balaban J connectivity index is 1.91. The van der Waals surface area contributed by atoms with Crippen LogP contribution in [-0.2, 0) is 4.79 Å². The minimum Gasteiger partial charge on any atom is -0.338 e. The van der Waals surface area contributed by atoms with E-state index in [2.05, 4.69) is 14.9 Å². The number of aromatic nitrogens is 2. The molecule has 1 saturated heterocycles. The number of rotatable bonds is 3. The van der Waals surface area contributed by atoms with E-state index < -0.39 is 6.04 Å². The third-order valence-corrected chi connectivity index (χ3v) is 3.43. The molecule has 0 aliphatic carbocycles. The second-order valence-electron chi connectivity index (χ2n) is 5.13. The van der Waals surface area contributed by atoms with E-state index in [0.717, 1.165) is 19.0 Å². The van der Waals surface area contributed by atoms with Crippen molar-refractivity contribution in [2.45, 2.75) is 19.9 Å². The van der Waals surface area contributed by atoms with Gasteiger partial charge in [0.2, 0.25) is 11.9 Å². The molecule has 0 radical (unpaired) electrons. The number of amides is 1. The van der Waals surface area contributed by atoms with Gasteiger partial charge in [0.15, 0.2) is 0 Å². The lowest BCUT2D eigenvalue weighted by atomic mass is 10.0. The summed E-state index contributed by atoms with van der Waals surface area (Å²) in [7, 11) is 0. The summed E-state index contributed by atoms with van der Waals surface area (Å²) in [6.07, 6.45) is 3.46. The van der Waals surface area contributed by atoms with Crippen molar-refractivity contribution in [1.82, 2.24) is 14.9 Å². The van der Waals surface area contributed by atoms with E-state index in [9.17, 15) is 4.79 Å². The molecule has 1 amide bonds. The van der Waals surface area contributed by atoms with Crippen molar-refractivity contribution in [2.75, 3.05) is 31.1 Å². The van der Waals surface area contributed by atoms with Gasteiger partial charge in [0.25, 0.3) is 0 Å². The number of nitrogens with two attached hydrogens (primary N) is 1. The molecule has 1 aromatic heterocycles. The van der Waals surface area contributed by atoms with Crippen molar-refractivity contribution in [3.05, 3.63) is 18.5 Å². The first kappa shape index (κ1) is 13.7. The third-order valence-electron chi connectivity index (χ3n) is 3.43. The molecule has 1 fully saturated rings. The number of nitrogens with zero attached hydrogens (tertiary/aromatic N) is 4. The first-order valence-corrected chi connectivity index (χ1v) is 6.66. The smallest absolute Gasteiger partial charge is 0.239 e. The van der Waals surface area contributed by atoms with E-state index in [4.69, 9.17) is 5.73 Å². The maximum atomic E-state index is 12.1. The fraction of sp³-hybridized carbons (Fsp3) is 0.615. The van der Waals surface area contributed by atoms with Gasteiger partial charge in [-0.2, -0.15) is 0 Å². The van der Waals surface area contributed by atoms with Gasteiger partial charge in [-0.3, -0.25) is 4.79 Å². The molecule has 0 unspecified atom stereocenters. The van der Waals surface area contributed by atoms with Gasteiger partial charge in [0.1, 0.15) is 0 Å². The summed E-state index contributed by atoms with van der Waals surface area (Å²) in [4.78, 5) is 24.5. The SMILES string of the molecule is CC(C)[C@@H](N)C(=O)N1CCN(c2ncccn2)CC1. The quantitative estimate of drug-likeness (QED) is 0.837. The minimum absolute atomic E-state index is 0.0450. The molecular weight excluding hydrogens is 242 g/mol. The van der Waals surface area contributed by atoms with Crippen molar-refractivity contribution in [3.8, 4) is 0 Å². The number of hydrogen-bond donors (Lipinski definition) is 1. The first-order chi connectivity index (χ1) is 9.09. The minimum atomic E-state index is -0.403. The van der Waals surface area contributed by atoms with Crippen LogP contribution in [0.15, 0.2) is 18.5 Å². The zero-order valence-electron chi connectivity index (χ0n) is 11.5. The second-order valence-corrected chi connectivity index (χ2v) is 5.13. The van der Waals surface area contributed by atoms with Gasteiger partial charge in [-0.05, 0) is 12.0 Å². The fourth-order valence-electron chi connectivity index (χ4n) is 2.08. The van der Waals surface area contributed by atoms with Gasteiger partial charge in [-0.15, -0.1) is 0 Å². The van der Waals surface area contributed by atoms with E-state index in [-0.39, 0.29) is 11.8 Å². The Kier molecular flexibility index (Phi) is 4.31. The van der Waals surface area contributed by atoms with Crippen molar-refractivity contribution >= 4 is 11.9 Å². The van der Waals surface area contributed by atoms with Crippen molar-refractivity contribution in [2.24, 2.45) is 11.7 Å². The number of carbonyl (C=O) groups is 1. The van der Waals surface area contributed by atoms with Crippen molar-refractivity contribution < 1.29 is 4.79 Å². The lowest BCUT2D eigenvalue weighted by molar-refractivity contribution is -0.133. The monoisotopic (exact) mass is 263 g/mol. The highest BCUT2D eigenvalue weighted by Gasteiger charge is 2.27. The summed E-state index contributed by atoms with van der Waals surface area (Å²) in [6, 6.07) is 1.39. The zero-order valence-corrected chi connectivity index (χ0v) is 11.5. The van der Waals surface area contributed by atoms with E-state index >= 15 is 0 Å². The van der Waals surface area contributed by atoms with Crippen LogP contribution < -0.4 is 10.6 Å². The number of carbonyl (C=O) groups excluding carboxylic acids is 1. The average molecular weight is 263 g/mol. The molecule has 104 valence electrons. The molecule has 2 heterocycles. The summed E-state index contributed by atoms with van der Waals surface area (Å²) >= 11 is 0. The van der Waals surface area contributed by atoms with Crippen LogP contribution in [0, 0.1) is 5.92 Å². The summed E-state index contributed by atoms with van der Waals surface area (Å²) < 4.78 is 0. The Morgan fingerprint density at radius 3 is 2.32 bits per heavy atom. The maximum absolute atomic E-state index is 12.1. The van der Waals surface area contributed by atoms with Crippen LogP contribution in [-0.4, -0.2) is 53.0 Å². The van der Waals surface area contributed by atoms with Gasteiger partial charge in [-0.1, -0.05) is 13.8 Å². The van der Waals surface area contributed by atoms with Gasteiger partial charge in [0.05, 0.1) is 6.04 Å². The molecule has 0 saturated carbocycles. The Hall–Kier alpha value is -1.69. The lowest BCUT2D eigenvalue weighted by Crippen LogP contribution is -2.54. The second kappa shape index (κ2) is 5.97. The maximum Gasteiger partial charge on any atom is 0.239 e. The standard InChI is InChI=1S/C13H21N5O/c1-10(2)11(14)12(19)17-6-8-18(9-7-17)13-15-4-3-5-16-13/h3-5,10-11H,6-9,14H2,1-2H3/t11-/m1/s1. The zero-order chi connectivity index (χ0) is 13.8.